The molecule has 0 saturated carbocycles. The number of nitrogens with zero attached hydrogens (tertiary/aromatic N) is 2. The third-order valence-corrected chi connectivity index (χ3v) is 9.55. The molecule has 0 unspecified atom stereocenters. The molecule has 0 fully saturated rings. The SMILES string of the molecule is CCc1ccccc1N(CC(=O)N(Cc1cccc(Cl)c1)[C@H](Cc1ccccc1)C(=O)NC(C)(C)C)S(=O)(=O)c1ccc(C)cc1. The smallest absolute Gasteiger partial charge is 0.264 e. The van der Waals surface area contributed by atoms with Crippen molar-refractivity contribution in [2.75, 3.05) is 10.8 Å². The van der Waals surface area contributed by atoms with Crippen LogP contribution in [0.15, 0.2) is 108 Å². The second-order valence-corrected chi connectivity index (χ2v) is 14.7. The molecule has 0 saturated heterocycles. The van der Waals surface area contributed by atoms with Crippen molar-refractivity contribution >= 4 is 39.1 Å². The average Bonchev–Trinajstić information content (AvgIpc) is 3.01. The van der Waals surface area contributed by atoms with E-state index in [1.807, 2.05) is 83.1 Å². The minimum atomic E-state index is -4.18. The van der Waals surface area contributed by atoms with Crippen molar-refractivity contribution < 1.29 is 18.0 Å². The topological polar surface area (TPSA) is 86.8 Å². The summed E-state index contributed by atoms with van der Waals surface area (Å²) >= 11 is 6.33. The number of carbonyl (C=O) groups excluding carboxylic acids is 2. The van der Waals surface area contributed by atoms with Crippen LogP contribution in [0.3, 0.4) is 0 Å². The van der Waals surface area contributed by atoms with Gasteiger partial charge in [-0.1, -0.05) is 96.9 Å². The van der Waals surface area contributed by atoms with Crippen molar-refractivity contribution in [1.29, 1.82) is 0 Å². The molecule has 4 aromatic carbocycles. The molecule has 0 heterocycles. The highest BCUT2D eigenvalue weighted by atomic mass is 35.5. The van der Waals surface area contributed by atoms with E-state index in [9.17, 15) is 18.0 Å². The lowest BCUT2D eigenvalue weighted by molar-refractivity contribution is -0.140. The highest BCUT2D eigenvalue weighted by Gasteiger charge is 2.36. The molecule has 0 aliphatic rings. The molecular formula is C37H42ClN3O4S. The van der Waals surface area contributed by atoms with Crippen LogP contribution >= 0.6 is 11.6 Å². The molecule has 1 N–H and O–H groups in total. The van der Waals surface area contributed by atoms with Gasteiger partial charge in [0.15, 0.2) is 0 Å². The van der Waals surface area contributed by atoms with Gasteiger partial charge < -0.3 is 10.2 Å². The summed E-state index contributed by atoms with van der Waals surface area (Å²) in [6, 6.07) is 29.4. The van der Waals surface area contributed by atoms with Gasteiger partial charge in [-0.05, 0) is 81.1 Å². The van der Waals surface area contributed by atoms with Gasteiger partial charge in [-0.15, -0.1) is 0 Å². The van der Waals surface area contributed by atoms with Gasteiger partial charge in [-0.25, -0.2) is 8.42 Å². The monoisotopic (exact) mass is 659 g/mol. The van der Waals surface area contributed by atoms with Gasteiger partial charge in [0, 0.05) is 23.5 Å². The predicted molar refractivity (Wildman–Crippen MR) is 185 cm³/mol. The van der Waals surface area contributed by atoms with Gasteiger partial charge in [0.25, 0.3) is 10.0 Å². The molecule has 0 aromatic heterocycles. The molecule has 0 spiro atoms. The Morgan fingerprint density at radius 2 is 1.48 bits per heavy atom. The zero-order chi connectivity index (χ0) is 33.5. The fourth-order valence-electron chi connectivity index (χ4n) is 5.24. The third kappa shape index (κ3) is 8.98. The van der Waals surface area contributed by atoms with Crippen LogP contribution in [0.5, 0.6) is 0 Å². The standard InChI is InChI=1S/C37H42ClN3O4S/c1-6-30-16-10-11-18-33(30)41(46(44,45)32-21-19-27(2)20-22-32)26-35(42)40(25-29-15-12-17-31(38)23-29)34(36(43)39-37(3,4)5)24-28-13-8-7-9-14-28/h7-23,34H,6,24-26H2,1-5H3,(H,39,43)/t34-/m1/s1. The first-order chi connectivity index (χ1) is 21.8. The summed E-state index contributed by atoms with van der Waals surface area (Å²) in [6.45, 7) is 8.99. The van der Waals surface area contributed by atoms with Crippen LogP contribution < -0.4 is 9.62 Å². The van der Waals surface area contributed by atoms with Gasteiger partial charge in [0.1, 0.15) is 12.6 Å². The van der Waals surface area contributed by atoms with Crippen LogP contribution in [0.1, 0.15) is 49.9 Å². The Morgan fingerprint density at radius 3 is 2.11 bits per heavy atom. The van der Waals surface area contributed by atoms with Gasteiger partial charge in [0.05, 0.1) is 10.6 Å². The first kappa shape index (κ1) is 34.7. The van der Waals surface area contributed by atoms with Gasteiger partial charge in [-0.3, -0.25) is 13.9 Å². The summed E-state index contributed by atoms with van der Waals surface area (Å²) in [5.74, 6) is -0.861. The predicted octanol–water partition coefficient (Wildman–Crippen LogP) is 6.96. The first-order valence-electron chi connectivity index (χ1n) is 15.4. The second kappa shape index (κ2) is 15.0. The zero-order valence-corrected chi connectivity index (χ0v) is 28.6. The number of halogens is 1. The molecule has 0 aliphatic heterocycles. The fraction of sp³-hybridized carbons (Fsp3) is 0.297. The largest absolute Gasteiger partial charge is 0.350 e. The van der Waals surface area contributed by atoms with E-state index in [1.165, 1.54) is 9.21 Å². The number of aryl methyl sites for hydroxylation is 2. The first-order valence-corrected chi connectivity index (χ1v) is 17.2. The number of carbonyl (C=O) groups is 2. The number of nitrogens with one attached hydrogen (secondary N) is 1. The van der Waals surface area contributed by atoms with Crippen molar-refractivity contribution in [3.63, 3.8) is 0 Å². The maximum atomic E-state index is 14.7. The van der Waals surface area contributed by atoms with Crippen LogP contribution in [0.25, 0.3) is 0 Å². The number of anilines is 1. The van der Waals surface area contributed by atoms with E-state index in [-0.39, 0.29) is 23.8 Å². The molecule has 0 radical (unpaired) electrons. The third-order valence-electron chi connectivity index (χ3n) is 7.54. The van der Waals surface area contributed by atoms with Gasteiger partial charge in [0.2, 0.25) is 11.8 Å². The summed E-state index contributed by atoms with van der Waals surface area (Å²) in [6.07, 6.45) is 0.784. The quantitative estimate of drug-likeness (QED) is 0.178. The van der Waals surface area contributed by atoms with Gasteiger partial charge in [-0.2, -0.15) is 0 Å². The summed E-state index contributed by atoms with van der Waals surface area (Å²) < 4.78 is 29.8. The van der Waals surface area contributed by atoms with E-state index < -0.39 is 34.1 Å². The normalized spacial score (nSPS) is 12.3. The fourth-order valence-corrected chi connectivity index (χ4v) is 6.91. The van der Waals surface area contributed by atoms with Crippen molar-refractivity contribution in [3.8, 4) is 0 Å². The molecule has 1 atom stereocenters. The number of rotatable bonds is 12. The number of hydrogen-bond acceptors (Lipinski definition) is 4. The highest BCUT2D eigenvalue weighted by Crippen LogP contribution is 2.29. The maximum absolute atomic E-state index is 14.7. The maximum Gasteiger partial charge on any atom is 0.264 e. The van der Waals surface area contributed by atoms with Crippen LogP contribution in [-0.2, 0) is 39.0 Å². The minimum Gasteiger partial charge on any atom is -0.350 e. The lowest BCUT2D eigenvalue weighted by atomic mass is 10.0. The van der Waals surface area contributed by atoms with Crippen LogP contribution in [0.2, 0.25) is 5.02 Å². The molecular weight excluding hydrogens is 618 g/mol. The van der Waals surface area contributed by atoms with Crippen molar-refractivity contribution in [2.24, 2.45) is 0 Å². The summed E-state index contributed by atoms with van der Waals surface area (Å²) in [5.41, 5.74) is 3.11. The molecule has 4 rings (SSSR count). The number of para-hydroxylation sites is 1. The molecule has 46 heavy (non-hydrogen) atoms. The Morgan fingerprint density at radius 1 is 0.848 bits per heavy atom. The molecule has 0 aliphatic carbocycles. The lowest BCUT2D eigenvalue weighted by Gasteiger charge is -2.35. The Bertz CT molecular complexity index is 1750. The van der Waals surface area contributed by atoms with Gasteiger partial charge >= 0.3 is 0 Å². The molecule has 0 bridgehead atoms. The Kier molecular flexibility index (Phi) is 11.3. The Balaban J connectivity index is 1.85. The summed E-state index contributed by atoms with van der Waals surface area (Å²) in [5, 5.41) is 3.54. The molecule has 9 heteroatoms. The number of amides is 2. The van der Waals surface area contributed by atoms with Crippen molar-refractivity contribution in [1.82, 2.24) is 10.2 Å². The molecule has 242 valence electrons. The number of sulfonamides is 1. The molecule has 4 aromatic rings. The molecule has 2 amide bonds. The van der Waals surface area contributed by atoms with E-state index in [4.69, 9.17) is 11.6 Å². The summed E-state index contributed by atoms with van der Waals surface area (Å²) in [4.78, 5) is 30.2. The average molecular weight is 660 g/mol. The van der Waals surface area contributed by atoms with E-state index >= 15 is 0 Å². The zero-order valence-electron chi connectivity index (χ0n) is 27.0. The number of hydrogen-bond donors (Lipinski definition) is 1. The minimum absolute atomic E-state index is 0.0439. The van der Waals surface area contributed by atoms with E-state index in [1.54, 1.807) is 54.6 Å². The lowest BCUT2D eigenvalue weighted by Crippen LogP contribution is -2.56. The van der Waals surface area contributed by atoms with E-state index in [2.05, 4.69) is 5.32 Å². The van der Waals surface area contributed by atoms with Crippen molar-refractivity contribution in [2.45, 2.75) is 70.5 Å². The Hall–Kier alpha value is -4.14. The molecule has 7 nitrogen and oxygen atoms in total. The van der Waals surface area contributed by atoms with E-state index in [0.717, 1.165) is 16.7 Å². The van der Waals surface area contributed by atoms with Crippen molar-refractivity contribution in [3.05, 3.63) is 130 Å². The van der Waals surface area contributed by atoms with E-state index in [0.29, 0.717) is 22.7 Å². The number of benzene rings is 4. The van der Waals surface area contributed by atoms with Crippen LogP contribution in [0, 0.1) is 6.92 Å². The Labute approximate surface area is 278 Å². The second-order valence-electron chi connectivity index (χ2n) is 12.4. The highest BCUT2D eigenvalue weighted by molar-refractivity contribution is 7.92. The van der Waals surface area contributed by atoms with Crippen LogP contribution in [0.4, 0.5) is 5.69 Å². The van der Waals surface area contributed by atoms with Crippen LogP contribution in [-0.4, -0.2) is 43.3 Å². The summed E-state index contributed by atoms with van der Waals surface area (Å²) in [7, 11) is -4.18.